The minimum absolute atomic E-state index is 0.248. The number of amides is 1. The SMILES string of the molecule is CCCCCCC/C=C\C/C=C\CCCCCCCCCCCCCCCCCCCCCCCCCCCC(=O)NC(COC1OC(CO)C(OC2OC(CO)C(O)C(O)C2O)C(O)C1O)C(O)/C=C/CC/C=C/CC/C=C/CCCCCCCCCCCC. The van der Waals surface area contributed by atoms with Gasteiger partial charge in [-0.2, -0.15) is 0 Å². The van der Waals surface area contributed by atoms with E-state index in [1.54, 1.807) is 6.08 Å². The van der Waals surface area contributed by atoms with Crippen molar-refractivity contribution in [2.45, 2.75) is 402 Å². The maximum absolute atomic E-state index is 13.3. The van der Waals surface area contributed by atoms with Crippen molar-refractivity contribution < 1.29 is 64.6 Å². The molecule has 2 aliphatic heterocycles. The first-order chi connectivity index (χ1) is 44.6. The lowest BCUT2D eigenvalue weighted by molar-refractivity contribution is -0.359. The fraction of sp³-hybridized carbons (Fsp3) is 0.857. The van der Waals surface area contributed by atoms with Gasteiger partial charge in [0.15, 0.2) is 12.6 Å². The molecule has 0 bridgehead atoms. The number of aliphatic hydroxyl groups excluding tert-OH is 8. The maximum Gasteiger partial charge on any atom is 0.220 e. The number of carbonyl (C=O) groups is 1. The Morgan fingerprint density at radius 2 is 0.736 bits per heavy atom. The molecule has 0 aliphatic carbocycles. The van der Waals surface area contributed by atoms with Crippen molar-refractivity contribution in [2.75, 3.05) is 19.8 Å². The van der Waals surface area contributed by atoms with Crippen LogP contribution in [0.25, 0.3) is 0 Å². The van der Waals surface area contributed by atoms with Crippen molar-refractivity contribution >= 4 is 5.91 Å². The zero-order valence-corrected chi connectivity index (χ0v) is 58.1. The lowest BCUT2D eigenvalue weighted by atomic mass is 9.97. The molecule has 0 aromatic carbocycles. The van der Waals surface area contributed by atoms with Gasteiger partial charge in [-0.05, 0) is 77.0 Å². The molecule has 12 atom stereocenters. The highest BCUT2D eigenvalue weighted by molar-refractivity contribution is 5.76. The van der Waals surface area contributed by atoms with Crippen LogP contribution in [0.2, 0.25) is 0 Å². The number of allylic oxidation sites excluding steroid dienone is 9. The molecular weight excluding hydrogens is 1150 g/mol. The fourth-order valence-electron chi connectivity index (χ4n) is 12.4. The van der Waals surface area contributed by atoms with E-state index in [9.17, 15) is 45.6 Å². The lowest BCUT2D eigenvalue weighted by Crippen LogP contribution is -2.65. The predicted octanol–water partition coefficient (Wildman–Crippen LogP) is 16.4. The van der Waals surface area contributed by atoms with Crippen LogP contribution in [0.1, 0.15) is 328 Å². The second-order valence-corrected chi connectivity index (χ2v) is 26.8. The molecule has 0 aromatic heterocycles. The molecule has 0 radical (unpaired) electrons. The van der Waals surface area contributed by atoms with Crippen LogP contribution in [0.15, 0.2) is 60.8 Å². The number of hydrogen-bond acceptors (Lipinski definition) is 13. The summed E-state index contributed by atoms with van der Waals surface area (Å²) in [7, 11) is 0. The molecule has 14 heteroatoms. The van der Waals surface area contributed by atoms with E-state index < -0.39 is 86.8 Å². The molecule has 2 heterocycles. The number of aliphatic hydroxyl groups is 8. The van der Waals surface area contributed by atoms with Crippen molar-refractivity contribution in [3.05, 3.63) is 60.8 Å². The van der Waals surface area contributed by atoms with E-state index in [0.29, 0.717) is 12.8 Å². The van der Waals surface area contributed by atoms with Crippen molar-refractivity contribution in [3.63, 3.8) is 0 Å². The largest absolute Gasteiger partial charge is 0.394 e. The van der Waals surface area contributed by atoms with Crippen molar-refractivity contribution in [1.29, 1.82) is 0 Å². The summed E-state index contributed by atoms with van der Waals surface area (Å²) in [6.45, 7) is 2.80. The van der Waals surface area contributed by atoms with Gasteiger partial charge in [0.25, 0.3) is 0 Å². The van der Waals surface area contributed by atoms with Gasteiger partial charge in [-0.15, -0.1) is 0 Å². The van der Waals surface area contributed by atoms with E-state index in [4.69, 9.17) is 18.9 Å². The Bertz CT molecular complexity index is 1760. The summed E-state index contributed by atoms with van der Waals surface area (Å²) >= 11 is 0. The van der Waals surface area contributed by atoms with Crippen LogP contribution < -0.4 is 5.32 Å². The molecule has 0 saturated carbocycles. The maximum atomic E-state index is 13.3. The first-order valence-electron chi connectivity index (χ1n) is 38.0. The van der Waals surface area contributed by atoms with Crippen molar-refractivity contribution in [2.24, 2.45) is 0 Å². The molecular formula is C77H141NO13. The van der Waals surface area contributed by atoms with Gasteiger partial charge < -0.3 is 65.1 Å². The van der Waals surface area contributed by atoms with E-state index >= 15 is 0 Å². The van der Waals surface area contributed by atoms with Gasteiger partial charge in [0.2, 0.25) is 5.91 Å². The molecule has 0 spiro atoms. The zero-order chi connectivity index (χ0) is 65.9. The molecule has 532 valence electrons. The Hall–Kier alpha value is -2.31. The summed E-state index contributed by atoms with van der Waals surface area (Å²) in [6, 6.07) is -0.939. The Balaban J connectivity index is 1.61. The Morgan fingerprint density at radius 3 is 1.14 bits per heavy atom. The van der Waals surface area contributed by atoms with Crippen LogP contribution in [-0.4, -0.2) is 140 Å². The number of carbonyl (C=O) groups excluding carboxylic acids is 1. The Morgan fingerprint density at radius 1 is 0.396 bits per heavy atom. The molecule has 2 aliphatic rings. The molecule has 14 nitrogen and oxygen atoms in total. The van der Waals surface area contributed by atoms with Gasteiger partial charge in [-0.3, -0.25) is 4.79 Å². The second-order valence-electron chi connectivity index (χ2n) is 26.8. The lowest BCUT2D eigenvalue weighted by Gasteiger charge is -2.46. The first kappa shape index (κ1) is 84.8. The summed E-state index contributed by atoms with van der Waals surface area (Å²) in [4.78, 5) is 13.3. The zero-order valence-electron chi connectivity index (χ0n) is 58.1. The van der Waals surface area contributed by atoms with Gasteiger partial charge in [-0.25, -0.2) is 0 Å². The minimum Gasteiger partial charge on any atom is -0.394 e. The summed E-state index contributed by atoms with van der Waals surface area (Å²) in [6.07, 6.45) is 65.9. The van der Waals surface area contributed by atoms with Gasteiger partial charge >= 0.3 is 0 Å². The number of ether oxygens (including phenoxy) is 4. The van der Waals surface area contributed by atoms with Crippen LogP contribution in [0.4, 0.5) is 0 Å². The summed E-state index contributed by atoms with van der Waals surface area (Å²) < 4.78 is 22.8. The Kier molecular flexibility index (Phi) is 57.1. The van der Waals surface area contributed by atoms with E-state index in [1.165, 1.54) is 244 Å². The molecule has 2 rings (SSSR count). The number of hydrogen-bond donors (Lipinski definition) is 9. The van der Waals surface area contributed by atoms with Gasteiger partial charge in [-0.1, -0.05) is 306 Å². The van der Waals surface area contributed by atoms with Crippen LogP contribution in [0.3, 0.4) is 0 Å². The second kappa shape index (κ2) is 61.3. The molecule has 2 saturated heterocycles. The highest BCUT2D eigenvalue weighted by Gasteiger charge is 2.51. The number of unbranched alkanes of at least 4 members (excludes halogenated alkanes) is 42. The number of nitrogens with one attached hydrogen (secondary N) is 1. The van der Waals surface area contributed by atoms with E-state index in [0.717, 1.165) is 51.4 Å². The average molecular weight is 1290 g/mol. The molecule has 2 fully saturated rings. The molecule has 12 unspecified atom stereocenters. The molecule has 0 aromatic rings. The van der Waals surface area contributed by atoms with Crippen LogP contribution >= 0.6 is 0 Å². The van der Waals surface area contributed by atoms with Crippen molar-refractivity contribution in [1.82, 2.24) is 5.32 Å². The highest BCUT2D eigenvalue weighted by atomic mass is 16.7. The third-order valence-corrected chi connectivity index (χ3v) is 18.4. The Labute approximate surface area is 556 Å². The normalized spacial score (nSPS) is 23.1. The first-order valence-corrected chi connectivity index (χ1v) is 38.0. The smallest absolute Gasteiger partial charge is 0.220 e. The summed E-state index contributed by atoms with van der Waals surface area (Å²) in [5.41, 5.74) is 0. The third kappa shape index (κ3) is 44.9. The van der Waals surface area contributed by atoms with Gasteiger partial charge in [0.1, 0.15) is 48.8 Å². The van der Waals surface area contributed by atoms with E-state index in [2.05, 4.69) is 67.8 Å². The van der Waals surface area contributed by atoms with E-state index in [-0.39, 0.29) is 18.9 Å². The minimum atomic E-state index is -1.79. The van der Waals surface area contributed by atoms with E-state index in [1.807, 2.05) is 6.08 Å². The van der Waals surface area contributed by atoms with Crippen LogP contribution in [0, 0.1) is 0 Å². The number of rotatable bonds is 63. The molecule has 9 N–H and O–H groups in total. The average Bonchev–Trinajstić information content (AvgIpc) is 1.04. The topological polar surface area (TPSA) is 228 Å². The van der Waals surface area contributed by atoms with Gasteiger partial charge in [0, 0.05) is 6.42 Å². The fourth-order valence-corrected chi connectivity index (χ4v) is 12.4. The molecule has 1 amide bonds. The standard InChI is InChI=1S/C77H141NO13/c1-3-5-7-9-11-13-15-17-19-21-23-25-26-27-28-29-30-31-32-33-34-35-36-37-38-39-40-41-43-45-47-49-51-53-55-57-59-61-69(82)78-65(66(81)60-58-56-54-52-50-48-46-44-42-24-22-20-18-16-14-12-10-8-6-4-2)64-88-76-74(87)72(85)75(68(63-80)90-76)91-77-73(86)71(84)70(83)67(62-79)89-77/h15,17,21,23,42,44,50,52,58,60,65-68,70-77,79-81,83-87H,3-14,16,18-20,22,24-41,43,45-49,51,53-57,59,61-64H2,1-2H3,(H,78,82)/b17-15-,23-21-,44-42+,52-50+,60-58+. The summed E-state index contributed by atoms with van der Waals surface area (Å²) in [5.74, 6) is -0.248. The predicted molar refractivity (Wildman–Crippen MR) is 374 cm³/mol. The van der Waals surface area contributed by atoms with Crippen LogP contribution in [0.5, 0.6) is 0 Å². The third-order valence-electron chi connectivity index (χ3n) is 18.4. The van der Waals surface area contributed by atoms with Gasteiger partial charge in [0.05, 0.1) is 32.0 Å². The monoisotopic (exact) mass is 1290 g/mol. The quantitative estimate of drug-likeness (QED) is 0.0204. The molecule has 91 heavy (non-hydrogen) atoms. The summed E-state index contributed by atoms with van der Waals surface area (Å²) in [5, 5.41) is 87.4. The van der Waals surface area contributed by atoms with Crippen molar-refractivity contribution in [3.8, 4) is 0 Å². The van der Waals surface area contributed by atoms with Crippen LogP contribution in [-0.2, 0) is 23.7 Å². The highest BCUT2D eigenvalue weighted by Crippen LogP contribution is 2.30.